The zero-order valence-corrected chi connectivity index (χ0v) is 6.87. The molecule has 0 bridgehead atoms. The van der Waals surface area contributed by atoms with Crippen molar-refractivity contribution in [3.63, 3.8) is 0 Å². The highest BCUT2D eigenvalue weighted by Crippen LogP contribution is 1.99. The van der Waals surface area contributed by atoms with Gasteiger partial charge in [0.05, 0.1) is 0 Å². The summed E-state index contributed by atoms with van der Waals surface area (Å²) < 4.78 is 23.9. The maximum Gasteiger partial charge on any atom is 0.126 e. The summed E-state index contributed by atoms with van der Waals surface area (Å²) in [6, 6.07) is 8.44. The zero-order valence-electron chi connectivity index (χ0n) is 6.87. The second kappa shape index (κ2) is 6.83. The summed E-state index contributed by atoms with van der Waals surface area (Å²) in [6.07, 6.45) is 3.75. The summed E-state index contributed by atoms with van der Waals surface area (Å²) in [5.74, 6) is -1.07. The van der Waals surface area contributed by atoms with Crippen molar-refractivity contribution in [3.8, 4) is 0 Å². The van der Waals surface area contributed by atoms with Crippen LogP contribution in [0.3, 0.4) is 0 Å². The van der Waals surface area contributed by atoms with Crippen molar-refractivity contribution in [2.24, 2.45) is 0 Å². The van der Waals surface area contributed by atoms with Crippen LogP contribution < -0.4 is 0 Å². The van der Waals surface area contributed by atoms with Crippen LogP contribution in [0.2, 0.25) is 0 Å². The van der Waals surface area contributed by atoms with Crippen LogP contribution in [-0.2, 0) is 0 Å². The fraction of sp³-hybridized carbons (Fsp3) is 0.0909. The van der Waals surface area contributed by atoms with Crippen molar-refractivity contribution >= 4 is 0 Å². The van der Waals surface area contributed by atoms with Crippen LogP contribution in [0, 0.1) is 11.6 Å². The average Bonchev–Trinajstić information content (AvgIpc) is 2.59. The number of hydrogen-bond acceptors (Lipinski definition) is 0. The highest BCUT2D eigenvalue weighted by molar-refractivity contribution is 5.04. The van der Waals surface area contributed by atoms with Gasteiger partial charge in [0.2, 0.25) is 0 Å². The number of aromatic amines is 1. The Morgan fingerprint density at radius 2 is 1.36 bits per heavy atom. The molecule has 1 aromatic carbocycles. The maximum absolute atomic E-state index is 11.9. The number of H-pyrrole nitrogens is 1. The molecule has 0 atom stereocenters. The number of nitrogens with one attached hydrogen (secondary N) is 1. The summed E-state index contributed by atoms with van der Waals surface area (Å²) in [6.45, 7) is 0. The predicted molar refractivity (Wildman–Crippen MR) is 53.9 cm³/mol. The number of hydrogen-bond donors (Lipinski definition) is 1. The van der Waals surface area contributed by atoms with Gasteiger partial charge in [-0.25, -0.2) is 8.78 Å². The van der Waals surface area contributed by atoms with E-state index in [9.17, 15) is 8.78 Å². The lowest BCUT2D eigenvalue weighted by Crippen LogP contribution is -1.73. The SMILES string of the molecule is C.Fc1cccc(F)c1.c1cc[nH]c1. The van der Waals surface area contributed by atoms with Crippen molar-refractivity contribution in [2.75, 3.05) is 0 Å². The molecule has 76 valence electrons. The van der Waals surface area contributed by atoms with E-state index in [1.807, 2.05) is 24.5 Å². The predicted octanol–water partition coefficient (Wildman–Crippen LogP) is 3.62. The third-order valence-corrected chi connectivity index (χ3v) is 1.28. The standard InChI is InChI=1S/C6H4F2.C4H5N.CH4/c7-5-2-1-3-6(8)4-5;1-2-4-5-3-1;/h1-4H;1-5H;1H4. The van der Waals surface area contributed by atoms with Gasteiger partial charge < -0.3 is 4.98 Å². The van der Waals surface area contributed by atoms with Gasteiger partial charge >= 0.3 is 0 Å². The monoisotopic (exact) mass is 197 g/mol. The Morgan fingerprint density at radius 1 is 0.857 bits per heavy atom. The van der Waals surface area contributed by atoms with Crippen molar-refractivity contribution in [1.29, 1.82) is 0 Å². The molecule has 1 nitrogen and oxygen atoms in total. The van der Waals surface area contributed by atoms with Gasteiger partial charge in [-0.3, -0.25) is 0 Å². The van der Waals surface area contributed by atoms with Gasteiger partial charge in [0.15, 0.2) is 0 Å². The van der Waals surface area contributed by atoms with Crippen LogP contribution >= 0.6 is 0 Å². The van der Waals surface area contributed by atoms with E-state index in [2.05, 4.69) is 4.98 Å². The molecule has 1 aromatic heterocycles. The maximum atomic E-state index is 11.9. The molecule has 14 heavy (non-hydrogen) atoms. The van der Waals surface area contributed by atoms with E-state index >= 15 is 0 Å². The van der Waals surface area contributed by atoms with Gasteiger partial charge in [0.25, 0.3) is 0 Å². The zero-order chi connectivity index (χ0) is 9.52. The third kappa shape index (κ3) is 5.09. The van der Waals surface area contributed by atoms with Crippen molar-refractivity contribution < 1.29 is 8.78 Å². The largest absolute Gasteiger partial charge is 0.368 e. The Bertz CT molecular complexity index is 296. The molecule has 0 saturated heterocycles. The Hall–Kier alpha value is -1.64. The molecule has 0 aliphatic carbocycles. The molecule has 2 rings (SSSR count). The lowest BCUT2D eigenvalue weighted by atomic mass is 10.3. The molecule has 0 amide bonds. The lowest BCUT2D eigenvalue weighted by Gasteiger charge is -1.84. The number of aromatic nitrogens is 1. The first-order chi connectivity index (χ1) is 6.29. The van der Waals surface area contributed by atoms with Gasteiger partial charge in [0.1, 0.15) is 11.6 Å². The lowest BCUT2D eigenvalue weighted by molar-refractivity contribution is 0.583. The van der Waals surface area contributed by atoms with Crippen molar-refractivity contribution in [2.45, 2.75) is 7.43 Å². The summed E-state index contributed by atoms with van der Waals surface area (Å²) in [7, 11) is 0. The van der Waals surface area contributed by atoms with E-state index in [1.54, 1.807) is 0 Å². The first-order valence-corrected chi connectivity index (χ1v) is 3.78. The minimum atomic E-state index is -0.537. The van der Waals surface area contributed by atoms with E-state index < -0.39 is 11.6 Å². The second-order valence-electron chi connectivity index (χ2n) is 2.32. The highest BCUT2D eigenvalue weighted by atomic mass is 19.1. The van der Waals surface area contributed by atoms with Gasteiger partial charge in [-0.05, 0) is 24.3 Å². The molecule has 1 N–H and O–H groups in total. The minimum absolute atomic E-state index is 0. The van der Waals surface area contributed by atoms with E-state index in [0.717, 1.165) is 6.07 Å². The minimum Gasteiger partial charge on any atom is -0.368 e. The van der Waals surface area contributed by atoms with Gasteiger partial charge in [-0.2, -0.15) is 0 Å². The number of halogens is 2. The van der Waals surface area contributed by atoms with Crippen LogP contribution in [0.25, 0.3) is 0 Å². The molecule has 0 spiro atoms. The van der Waals surface area contributed by atoms with Crippen LogP contribution in [0.15, 0.2) is 48.8 Å². The molecule has 3 heteroatoms. The van der Waals surface area contributed by atoms with E-state index in [0.29, 0.717) is 0 Å². The topological polar surface area (TPSA) is 15.8 Å². The second-order valence-corrected chi connectivity index (χ2v) is 2.32. The fourth-order valence-electron chi connectivity index (χ4n) is 0.738. The van der Waals surface area contributed by atoms with Crippen molar-refractivity contribution in [1.82, 2.24) is 4.98 Å². The quantitative estimate of drug-likeness (QED) is 0.664. The highest BCUT2D eigenvalue weighted by Gasteiger charge is 1.88. The van der Waals surface area contributed by atoms with Gasteiger partial charge in [-0.15, -0.1) is 0 Å². The first kappa shape index (κ1) is 12.4. The Labute approximate surface area is 82.4 Å². The number of benzene rings is 1. The Balaban J connectivity index is 0.000000246. The Morgan fingerprint density at radius 3 is 1.57 bits per heavy atom. The average molecular weight is 197 g/mol. The molecule has 1 heterocycles. The fourth-order valence-corrected chi connectivity index (χ4v) is 0.738. The van der Waals surface area contributed by atoms with E-state index in [-0.39, 0.29) is 7.43 Å². The summed E-state index contributed by atoms with van der Waals surface area (Å²) in [4.78, 5) is 2.86. The van der Waals surface area contributed by atoms with Gasteiger partial charge in [-0.1, -0.05) is 13.5 Å². The first-order valence-electron chi connectivity index (χ1n) is 3.78. The summed E-state index contributed by atoms with van der Waals surface area (Å²) in [5, 5.41) is 0. The molecule has 0 saturated carbocycles. The van der Waals surface area contributed by atoms with Gasteiger partial charge in [0, 0.05) is 18.5 Å². The molecule has 0 fully saturated rings. The van der Waals surface area contributed by atoms with E-state index in [1.165, 1.54) is 18.2 Å². The van der Waals surface area contributed by atoms with Crippen LogP contribution in [0.1, 0.15) is 7.43 Å². The molecule has 0 aliphatic heterocycles. The van der Waals surface area contributed by atoms with Crippen molar-refractivity contribution in [3.05, 3.63) is 60.4 Å². The van der Waals surface area contributed by atoms with Crippen LogP contribution in [0.5, 0.6) is 0 Å². The van der Waals surface area contributed by atoms with Crippen LogP contribution in [0.4, 0.5) is 8.78 Å². The number of rotatable bonds is 0. The molecular weight excluding hydrogens is 184 g/mol. The van der Waals surface area contributed by atoms with E-state index in [4.69, 9.17) is 0 Å². The molecular formula is C11H13F2N. The molecule has 0 unspecified atom stereocenters. The Kier molecular flexibility index (Phi) is 6.03. The van der Waals surface area contributed by atoms with Crippen LogP contribution in [-0.4, -0.2) is 4.98 Å². The molecule has 0 aliphatic rings. The summed E-state index contributed by atoms with van der Waals surface area (Å²) in [5.41, 5.74) is 0. The smallest absolute Gasteiger partial charge is 0.126 e. The summed E-state index contributed by atoms with van der Waals surface area (Å²) >= 11 is 0. The molecule has 2 aromatic rings. The third-order valence-electron chi connectivity index (χ3n) is 1.28. The molecule has 0 radical (unpaired) electrons. The normalized spacial score (nSPS) is 8.14.